The van der Waals surface area contributed by atoms with Gasteiger partial charge in [0.2, 0.25) is 5.91 Å². The zero-order valence-electron chi connectivity index (χ0n) is 10.4. The van der Waals surface area contributed by atoms with Gasteiger partial charge in [-0.1, -0.05) is 11.3 Å². The summed E-state index contributed by atoms with van der Waals surface area (Å²) in [5.74, 6) is -0.209. The number of hydrogen-bond donors (Lipinski definition) is 2. The van der Waals surface area contributed by atoms with Crippen molar-refractivity contribution in [3.63, 3.8) is 0 Å². The highest BCUT2D eigenvalue weighted by molar-refractivity contribution is 7.00. The summed E-state index contributed by atoms with van der Waals surface area (Å²) in [6.07, 6.45) is 1.64. The molecule has 1 aromatic carbocycles. The quantitative estimate of drug-likeness (QED) is 0.718. The summed E-state index contributed by atoms with van der Waals surface area (Å²) in [4.78, 5) is 12.0. The third-order valence-electron chi connectivity index (χ3n) is 2.66. The second-order valence-corrected chi connectivity index (χ2v) is 4.63. The van der Waals surface area contributed by atoms with Crippen molar-refractivity contribution in [3.8, 4) is 0 Å². The summed E-state index contributed by atoms with van der Waals surface area (Å²) in [7, 11) is 0. The van der Waals surface area contributed by atoms with Gasteiger partial charge in [-0.2, -0.15) is 8.75 Å². The van der Waals surface area contributed by atoms with Crippen molar-refractivity contribution in [1.29, 1.82) is 0 Å². The average molecular weight is 289 g/mol. The number of aromatic nitrogens is 5. The number of anilines is 1. The second-order valence-electron chi connectivity index (χ2n) is 4.10. The van der Waals surface area contributed by atoms with Gasteiger partial charge in [0, 0.05) is 6.54 Å². The van der Waals surface area contributed by atoms with Gasteiger partial charge in [0.15, 0.2) is 0 Å². The molecule has 0 radical (unpaired) electrons. The van der Waals surface area contributed by atoms with Crippen LogP contribution in [-0.4, -0.2) is 29.6 Å². The highest BCUT2D eigenvalue weighted by atomic mass is 32.1. The van der Waals surface area contributed by atoms with Crippen LogP contribution in [0.2, 0.25) is 0 Å². The van der Waals surface area contributed by atoms with Crippen molar-refractivity contribution < 1.29 is 4.79 Å². The number of hydrogen-bond acceptors (Lipinski definition) is 7. The number of amides is 1. The topological polar surface area (TPSA) is 112 Å². The van der Waals surface area contributed by atoms with Crippen LogP contribution >= 0.6 is 11.7 Å². The van der Waals surface area contributed by atoms with Crippen molar-refractivity contribution in [2.24, 2.45) is 5.73 Å². The largest absolute Gasteiger partial charge is 0.325 e. The van der Waals surface area contributed by atoms with Crippen molar-refractivity contribution >= 4 is 34.4 Å². The Bertz CT molecular complexity index is 750. The van der Waals surface area contributed by atoms with E-state index in [9.17, 15) is 4.79 Å². The first kappa shape index (κ1) is 12.6. The van der Waals surface area contributed by atoms with Crippen molar-refractivity contribution in [1.82, 2.24) is 23.7 Å². The zero-order valence-corrected chi connectivity index (χ0v) is 11.2. The summed E-state index contributed by atoms with van der Waals surface area (Å²) in [6.45, 7) is 0.367. The SMILES string of the molecule is NCc1cn(CC(=O)Nc2cccc3nsnc23)nn1. The maximum absolute atomic E-state index is 12.0. The minimum Gasteiger partial charge on any atom is -0.325 e. The molecule has 9 heteroatoms. The Labute approximate surface area is 117 Å². The summed E-state index contributed by atoms with van der Waals surface area (Å²) in [6, 6.07) is 5.45. The lowest BCUT2D eigenvalue weighted by atomic mass is 10.2. The molecule has 1 amide bonds. The number of nitrogens with zero attached hydrogens (tertiary/aromatic N) is 5. The van der Waals surface area contributed by atoms with Gasteiger partial charge in [-0.25, -0.2) is 4.68 Å². The lowest BCUT2D eigenvalue weighted by Crippen LogP contribution is -2.19. The molecule has 0 atom stereocenters. The lowest BCUT2D eigenvalue weighted by molar-refractivity contribution is -0.116. The molecule has 20 heavy (non-hydrogen) atoms. The van der Waals surface area contributed by atoms with Gasteiger partial charge in [-0.05, 0) is 12.1 Å². The minimum absolute atomic E-state index is 0.0704. The molecule has 3 N–H and O–H groups in total. The Morgan fingerprint density at radius 1 is 1.40 bits per heavy atom. The molecular weight excluding hydrogens is 278 g/mol. The molecule has 0 saturated heterocycles. The van der Waals surface area contributed by atoms with Gasteiger partial charge in [0.05, 0.1) is 29.3 Å². The normalized spacial score (nSPS) is 10.8. The molecule has 8 nitrogen and oxygen atoms in total. The van der Waals surface area contributed by atoms with E-state index >= 15 is 0 Å². The summed E-state index contributed by atoms with van der Waals surface area (Å²) in [5, 5.41) is 10.4. The number of fused-ring (bicyclic) bond motifs is 1. The van der Waals surface area contributed by atoms with Gasteiger partial charge in [-0.3, -0.25) is 4.79 Å². The van der Waals surface area contributed by atoms with Crippen LogP contribution in [0.5, 0.6) is 0 Å². The summed E-state index contributed by atoms with van der Waals surface area (Å²) < 4.78 is 9.72. The summed E-state index contributed by atoms with van der Waals surface area (Å²) in [5.41, 5.74) is 8.17. The standard InChI is InChI=1S/C11H11N7OS/c12-4-7-5-18(17-14-7)6-10(19)13-8-2-1-3-9-11(8)16-20-15-9/h1-3,5H,4,6,12H2,(H,13,19). The molecule has 0 aliphatic heterocycles. The van der Waals surface area contributed by atoms with Gasteiger partial charge in [0.1, 0.15) is 17.6 Å². The van der Waals surface area contributed by atoms with Crippen molar-refractivity contribution in [2.75, 3.05) is 5.32 Å². The van der Waals surface area contributed by atoms with E-state index in [-0.39, 0.29) is 12.5 Å². The van der Waals surface area contributed by atoms with Gasteiger partial charge < -0.3 is 11.1 Å². The van der Waals surface area contributed by atoms with E-state index in [1.807, 2.05) is 12.1 Å². The zero-order chi connectivity index (χ0) is 13.9. The number of rotatable bonds is 4. The van der Waals surface area contributed by atoms with Crippen LogP contribution in [0.3, 0.4) is 0 Å². The van der Waals surface area contributed by atoms with E-state index in [4.69, 9.17) is 5.73 Å². The van der Waals surface area contributed by atoms with E-state index in [0.717, 1.165) is 17.2 Å². The first-order valence-electron chi connectivity index (χ1n) is 5.86. The first-order valence-corrected chi connectivity index (χ1v) is 6.59. The molecule has 0 saturated carbocycles. The Morgan fingerprint density at radius 3 is 3.10 bits per heavy atom. The van der Waals surface area contributed by atoms with Gasteiger partial charge in [0.25, 0.3) is 0 Å². The Balaban J connectivity index is 1.74. The predicted octanol–water partition coefficient (Wildman–Crippen LogP) is 0.380. The highest BCUT2D eigenvalue weighted by Crippen LogP contribution is 2.20. The summed E-state index contributed by atoms with van der Waals surface area (Å²) >= 11 is 1.11. The smallest absolute Gasteiger partial charge is 0.246 e. The molecule has 0 unspecified atom stereocenters. The third kappa shape index (κ3) is 2.49. The number of carbonyl (C=O) groups is 1. The van der Waals surface area contributed by atoms with Crippen LogP contribution in [0.15, 0.2) is 24.4 Å². The third-order valence-corrected chi connectivity index (χ3v) is 3.20. The first-order chi connectivity index (χ1) is 9.76. The fraction of sp³-hybridized carbons (Fsp3) is 0.182. The van der Waals surface area contributed by atoms with Gasteiger partial charge in [-0.15, -0.1) is 5.10 Å². The van der Waals surface area contributed by atoms with E-state index in [2.05, 4.69) is 24.4 Å². The highest BCUT2D eigenvalue weighted by Gasteiger charge is 2.10. The fourth-order valence-electron chi connectivity index (χ4n) is 1.75. The maximum atomic E-state index is 12.0. The van der Waals surface area contributed by atoms with Gasteiger partial charge >= 0.3 is 0 Å². The van der Waals surface area contributed by atoms with Crippen LogP contribution in [0.25, 0.3) is 11.0 Å². The van der Waals surface area contributed by atoms with E-state index in [1.165, 1.54) is 4.68 Å². The molecule has 2 heterocycles. The number of benzene rings is 1. The molecule has 0 fully saturated rings. The molecular formula is C11H11N7OS. The Morgan fingerprint density at radius 2 is 2.30 bits per heavy atom. The fourth-order valence-corrected chi connectivity index (χ4v) is 2.30. The molecule has 3 rings (SSSR count). The van der Waals surface area contributed by atoms with Crippen LogP contribution < -0.4 is 11.1 Å². The van der Waals surface area contributed by atoms with Crippen LogP contribution in [0.1, 0.15) is 5.69 Å². The average Bonchev–Trinajstić information content (AvgIpc) is 3.07. The van der Waals surface area contributed by atoms with Crippen LogP contribution in [-0.2, 0) is 17.9 Å². The maximum Gasteiger partial charge on any atom is 0.246 e. The lowest BCUT2D eigenvalue weighted by Gasteiger charge is -2.05. The van der Waals surface area contributed by atoms with Crippen LogP contribution in [0, 0.1) is 0 Å². The van der Waals surface area contributed by atoms with E-state index < -0.39 is 0 Å². The Hall–Kier alpha value is -2.39. The number of nitrogens with two attached hydrogens (primary N) is 1. The number of carbonyl (C=O) groups excluding carboxylic acids is 1. The minimum atomic E-state index is -0.209. The molecule has 0 bridgehead atoms. The van der Waals surface area contributed by atoms with Crippen molar-refractivity contribution in [3.05, 3.63) is 30.1 Å². The molecule has 2 aromatic heterocycles. The van der Waals surface area contributed by atoms with E-state index in [1.54, 1.807) is 12.3 Å². The predicted molar refractivity (Wildman–Crippen MR) is 74.0 cm³/mol. The Kier molecular flexibility index (Phi) is 3.35. The molecule has 3 aromatic rings. The van der Waals surface area contributed by atoms with Crippen LogP contribution in [0.4, 0.5) is 5.69 Å². The molecule has 102 valence electrons. The molecule has 0 spiro atoms. The van der Waals surface area contributed by atoms with E-state index in [0.29, 0.717) is 23.4 Å². The second kappa shape index (κ2) is 5.31. The molecule has 0 aliphatic carbocycles. The van der Waals surface area contributed by atoms with Crippen molar-refractivity contribution in [2.45, 2.75) is 13.1 Å². The monoisotopic (exact) mass is 289 g/mol. The number of nitrogens with one attached hydrogen (secondary N) is 1. The molecule has 0 aliphatic rings.